The number of nitrogens with one attached hydrogen (secondary N) is 1. The molecule has 0 spiro atoms. The fraction of sp³-hybridized carbons (Fsp3) is 0.462. The van der Waals surface area contributed by atoms with E-state index in [-0.39, 0.29) is 30.0 Å². The van der Waals surface area contributed by atoms with Crippen LogP contribution in [-0.2, 0) is 9.53 Å². The van der Waals surface area contributed by atoms with E-state index >= 15 is 0 Å². The molecule has 0 aliphatic carbocycles. The zero-order valence-electron chi connectivity index (χ0n) is 10.7. The van der Waals surface area contributed by atoms with Crippen LogP contribution in [0, 0.1) is 23.5 Å². The van der Waals surface area contributed by atoms with E-state index in [1.165, 1.54) is 13.2 Å². The number of esters is 1. The molecule has 1 aromatic carbocycles. The highest BCUT2D eigenvalue weighted by Gasteiger charge is 2.23. The van der Waals surface area contributed by atoms with Crippen molar-refractivity contribution in [3.05, 3.63) is 29.8 Å². The topological polar surface area (TPSA) is 38.3 Å². The Balaban J connectivity index is 2.70. The first-order chi connectivity index (χ1) is 8.45. The Bertz CT molecular complexity index is 421. The predicted octanol–water partition coefficient (Wildman–Crippen LogP) is 2.82. The van der Waals surface area contributed by atoms with E-state index in [0.29, 0.717) is 0 Å². The first-order valence-corrected chi connectivity index (χ1v) is 5.72. The number of hydrogen-bond acceptors (Lipinski definition) is 3. The highest BCUT2D eigenvalue weighted by atomic mass is 19.1. The molecule has 5 heteroatoms. The lowest BCUT2D eigenvalue weighted by Crippen LogP contribution is -2.29. The standard InChI is InChI=1S/C13H17F2NO2/c1-8(2)10(13(17)18-3)7-16-12-5-4-9(14)6-11(12)15/h4-6,8,10,16H,7H2,1-3H3. The van der Waals surface area contributed by atoms with E-state index in [1.807, 2.05) is 13.8 Å². The highest BCUT2D eigenvalue weighted by Crippen LogP contribution is 2.18. The lowest BCUT2D eigenvalue weighted by molar-refractivity contribution is -0.146. The number of hydrogen-bond donors (Lipinski definition) is 1. The van der Waals surface area contributed by atoms with Crippen LogP contribution in [-0.4, -0.2) is 19.6 Å². The summed E-state index contributed by atoms with van der Waals surface area (Å²) in [6.07, 6.45) is 0. The molecule has 100 valence electrons. The van der Waals surface area contributed by atoms with Gasteiger partial charge in [-0.3, -0.25) is 4.79 Å². The zero-order chi connectivity index (χ0) is 13.7. The van der Waals surface area contributed by atoms with Crippen molar-refractivity contribution in [3.63, 3.8) is 0 Å². The molecule has 0 aliphatic rings. The lowest BCUT2D eigenvalue weighted by atomic mass is 9.96. The van der Waals surface area contributed by atoms with Gasteiger partial charge in [0, 0.05) is 12.6 Å². The third-order valence-corrected chi connectivity index (χ3v) is 2.75. The van der Waals surface area contributed by atoms with Crippen molar-refractivity contribution < 1.29 is 18.3 Å². The normalized spacial score (nSPS) is 12.3. The number of methoxy groups -OCH3 is 1. The molecule has 0 heterocycles. The number of carbonyl (C=O) groups excluding carboxylic acids is 1. The van der Waals surface area contributed by atoms with Crippen molar-refractivity contribution in [2.45, 2.75) is 13.8 Å². The van der Waals surface area contributed by atoms with Gasteiger partial charge >= 0.3 is 5.97 Å². The molecule has 1 rings (SSSR count). The van der Waals surface area contributed by atoms with Gasteiger partial charge < -0.3 is 10.1 Å². The molecule has 0 amide bonds. The fourth-order valence-electron chi connectivity index (χ4n) is 1.60. The van der Waals surface area contributed by atoms with Crippen LogP contribution < -0.4 is 5.32 Å². The minimum Gasteiger partial charge on any atom is -0.469 e. The third-order valence-electron chi connectivity index (χ3n) is 2.75. The van der Waals surface area contributed by atoms with Gasteiger partial charge in [0.15, 0.2) is 0 Å². The van der Waals surface area contributed by atoms with Crippen LogP contribution in [0.25, 0.3) is 0 Å². The second-order valence-electron chi connectivity index (χ2n) is 4.38. The maximum atomic E-state index is 13.4. The van der Waals surface area contributed by atoms with E-state index in [1.54, 1.807) is 0 Å². The van der Waals surface area contributed by atoms with Gasteiger partial charge in [0.2, 0.25) is 0 Å². The van der Waals surface area contributed by atoms with Crippen LogP contribution in [0.1, 0.15) is 13.8 Å². The van der Waals surface area contributed by atoms with Gasteiger partial charge in [0.05, 0.1) is 18.7 Å². The summed E-state index contributed by atoms with van der Waals surface area (Å²) in [5.74, 6) is -1.97. The monoisotopic (exact) mass is 257 g/mol. The first-order valence-electron chi connectivity index (χ1n) is 5.72. The first kappa shape index (κ1) is 14.4. The van der Waals surface area contributed by atoms with E-state index < -0.39 is 11.6 Å². The Morgan fingerprint density at radius 1 is 1.39 bits per heavy atom. The highest BCUT2D eigenvalue weighted by molar-refractivity contribution is 5.73. The molecular weight excluding hydrogens is 240 g/mol. The molecule has 0 fully saturated rings. The van der Waals surface area contributed by atoms with Gasteiger partial charge in [-0.25, -0.2) is 8.78 Å². The van der Waals surface area contributed by atoms with Crippen LogP contribution in [0.15, 0.2) is 18.2 Å². The summed E-state index contributed by atoms with van der Waals surface area (Å²) in [6.45, 7) is 4.00. The minimum absolute atomic E-state index is 0.0634. The van der Waals surface area contributed by atoms with Crippen molar-refractivity contribution in [1.29, 1.82) is 0 Å². The van der Waals surface area contributed by atoms with Crippen LogP contribution in [0.2, 0.25) is 0 Å². The van der Waals surface area contributed by atoms with Crippen LogP contribution >= 0.6 is 0 Å². The van der Waals surface area contributed by atoms with Crippen molar-refractivity contribution in [2.75, 3.05) is 19.0 Å². The van der Waals surface area contributed by atoms with Gasteiger partial charge in [0.1, 0.15) is 11.6 Å². The number of benzene rings is 1. The molecular formula is C13H17F2NO2. The SMILES string of the molecule is COC(=O)C(CNc1ccc(F)cc1F)C(C)C. The summed E-state index contributed by atoms with van der Waals surface area (Å²) >= 11 is 0. The Kier molecular flexibility index (Phi) is 5.07. The van der Waals surface area contributed by atoms with Crippen molar-refractivity contribution in [3.8, 4) is 0 Å². The van der Waals surface area contributed by atoms with Crippen molar-refractivity contribution >= 4 is 11.7 Å². The molecule has 3 nitrogen and oxygen atoms in total. The molecule has 0 saturated heterocycles. The third kappa shape index (κ3) is 3.68. The zero-order valence-corrected chi connectivity index (χ0v) is 10.7. The van der Waals surface area contributed by atoms with Gasteiger partial charge in [-0.1, -0.05) is 13.8 Å². The Morgan fingerprint density at radius 2 is 2.06 bits per heavy atom. The maximum absolute atomic E-state index is 13.4. The largest absolute Gasteiger partial charge is 0.469 e. The van der Waals surface area contributed by atoms with E-state index in [0.717, 1.165) is 12.1 Å². The summed E-state index contributed by atoms with van der Waals surface area (Å²) < 4.78 is 30.8. The molecule has 0 radical (unpaired) electrons. The summed E-state index contributed by atoms with van der Waals surface area (Å²) in [5.41, 5.74) is 0.172. The number of anilines is 1. The van der Waals surface area contributed by atoms with Crippen molar-refractivity contribution in [1.82, 2.24) is 0 Å². The van der Waals surface area contributed by atoms with E-state index in [2.05, 4.69) is 10.1 Å². The molecule has 1 atom stereocenters. The summed E-state index contributed by atoms with van der Waals surface area (Å²) in [7, 11) is 1.32. The van der Waals surface area contributed by atoms with Gasteiger partial charge in [-0.2, -0.15) is 0 Å². The average Bonchev–Trinajstić information content (AvgIpc) is 2.31. The number of ether oxygens (including phenoxy) is 1. The van der Waals surface area contributed by atoms with E-state index in [9.17, 15) is 13.6 Å². The fourth-order valence-corrected chi connectivity index (χ4v) is 1.60. The molecule has 18 heavy (non-hydrogen) atoms. The number of rotatable bonds is 5. The molecule has 0 bridgehead atoms. The van der Waals surface area contributed by atoms with E-state index in [4.69, 9.17) is 0 Å². The molecule has 0 aliphatic heterocycles. The molecule has 1 N–H and O–H groups in total. The minimum atomic E-state index is -0.678. The summed E-state index contributed by atoms with van der Waals surface area (Å²) in [5, 5.41) is 2.79. The molecule has 0 saturated carbocycles. The van der Waals surface area contributed by atoms with Gasteiger partial charge in [-0.05, 0) is 18.1 Å². The lowest BCUT2D eigenvalue weighted by Gasteiger charge is -2.19. The smallest absolute Gasteiger partial charge is 0.310 e. The Morgan fingerprint density at radius 3 is 2.56 bits per heavy atom. The molecule has 0 aromatic heterocycles. The Labute approximate surface area is 105 Å². The maximum Gasteiger partial charge on any atom is 0.310 e. The quantitative estimate of drug-likeness (QED) is 0.824. The van der Waals surface area contributed by atoms with Gasteiger partial charge in [-0.15, -0.1) is 0 Å². The van der Waals surface area contributed by atoms with Crippen LogP contribution in [0.3, 0.4) is 0 Å². The van der Waals surface area contributed by atoms with Crippen molar-refractivity contribution in [2.24, 2.45) is 11.8 Å². The molecule has 1 aromatic rings. The van der Waals surface area contributed by atoms with Crippen LogP contribution in [0.5, 0.6) is 0 Å². The number of carbonyl (C=O) groups is 1. The van der Waals surface area contributed by atoms with Gasteiger partial charge in [0.25, 0.3) is 0 Å². The number of halogens is 2. The summed E-state index contributed by atoms with van der Waals surface area (Å²) in [6, 6.07) is 3.26. The molecule has 1 unspecified atom stereocenters. The summed E-state index contributed by atoms with van der Waals surface area (Å²) in [4.78, 5) is 11.5. The average molecular weight is 257 g/mol. The second-order valence-corrected chi connectivity index (χ2v) is 4.38. The predicted molar refractivity (Wildman–Crippen MR) is 65.2 cm³/mol. The second kappa shape index (κ2) is 6.33. The van der Waals surface area contributed by atoms with Crippen LogP contribution in [0.4, 0.5) is 14.5 Å². The Hall–Kier alpha value is -1.65.